The predicted molar refractivity (Wildman–Crippen MR) is 113 cm³/mol. The van der Waals surface area contributed by atoms with Crippen LogP contribution < -0.4 is 15.8 Å². The Morgan fingerprint density at radius 2 is 1.79 bits per heavy atom. The van der Waals surface area contributed by atoms with Gasteiger partial charge in [-0.2, -0.15) is 0 Å². The fourth-order valence-corrected chi connectivity index (χ4v) is 3.72. The maximum atomic E-state index is 12.3. The van der Waals surface area contributed by atoms with E-state index in [0.29, 0.717) is 23.8 Å². The Labute approximate surface area is 172 Å². The summed E-state index contributed by atoms with van der Waals surface area (Å²) in [6.45, 7) is 6.81. The average molecular weight is 396 g/mol. The van der Waals surface area contributed by atoms with E-state index in [1.165, 1.54) is 11.1 Å². The van der Waals surface area contributed by atoms with Crippen LogP contribution in [0.5, 0.6) is 5.75 Å². The molecule has 6 heteroatoms. The topological polar surface area (TPSA) is 84.7 Å². The van der Waals surface area contributed by atoms with Crippen molar-refractivity contribution < 1.29 is 14.3 Å². The molecular formula is C23H29N3O3. The Bertz CT molecular complexity index is 849. The zero-order chi connectivity index (χ0) is 20.8. The number of nitrogens with zero attached hydrogens (tertiary/aromatic N) is 1. The summed E-state index contributed by atoms with van der Waals surface area (Å²) >= 11 is 0. The van der Waals surface area contributed by atoms with Crippen molar-refractivity contribution in [2.24, 2.45) is 11.7 Å². The molecular weight excluding hydrogens is 366 g/mol. The zero-order valence-corrected chi connectivity index (χ0v) is 17.1. The van der Waals surface area contributed by atoms with Crippen LogP contribution in [0.15, 0.2) is 48.5 Å². The molecule has 154 valence electrons. The van der Waals surface area contributed by atoms with Gasteiger partial charge in [0.1, 0.15) is 5.75 Å². The third kappa shape index (κ3) is 5.57. The molecule has 0 fully saturated rings. The van der Waals surface area contributed by atoms with Gasteiger partial charge < -0.3 is 15.8 Å². The molecule has 0 aliphatic carbocycles. The Morgan fingerprint density at radius 3 is 2.45 bits per heavy atom. The molecule has 0 bridgehead atoms. The molecule has 3 N–H and O–H groups in total. The smallest absolute Gasteiger partial charge is 0.257 e. The summed E-state index contributed by atoms with van der Waals surface area (Å²) in [5.41, 5.74) is 8.42. The van der Waals surface area contributed by atoms with E-state index < -0.39 is 5.91 Å². The van der Waals surface area contributed by atoms with Crippen LogP contribution in [0.4, 0.5) is 0 Å². The normalized spacial score (nSPS) is 14.9. The van der Waals surface area contributed by atoms with E-state index in [9.17, 15) is 9.59 Å². The molecule has 0 unspecified atom stereocenters. The third-order valence-electron chi connectivity index (χ3n) is 5.42. The number of amides is 2. The van der Waals surface area contributed by atoms with Crippen molar-refractivity contribution in [1.82, 2.24) is 10.2 Å². The van der Waals surface area contributed by atoms with E-state index in [2.05, 4.69) is 48.3 Å². The molecule has 1 aliphatic heterocycles. The summed E-state index contributed by atoms with van der Waals surface area (Å²) in [5, 5.41) is 3.01. The number of rotatable bonds is 8. The maximum absolute atomic E-state index is 12.3. The van der Waals surface area contributed by atoms with Gasteiger partial charge in [0.05, 0.1) is 0 Å². The fraction of sp³-hybridized carbons (Fsp3) is 0.391. The number of benzene rings is 2. The number of carbonyl (C=O) groups is 2. The van der Waals surface area contributed by atoms with Crippen LogP contribution >= 0.6 is 0 Å². The highest BCUT2D eigenvalue weighted by atomic mass is 16.5. The monoisotopic (exact) mass is 395 g/mol. The highest BCUT2D eigenvalue weighted by Gasteiger charge is 2.26. The molecule has 0 aromatic heterocycles. The second-order valence-corrected chi connectivity index (χ2v) is 7.78. The van der Waals surface area contributed by atoms with E-state index in [0.717, 1.165) is 19.5 Å². The van der Waals surface area contributed by atoms with Gasteiger partial charge in [-0.1, -0.05) is 38.1 Å². The quantitative estimate of drug-likeness (QED) is 0.719. The average Bonchev–Trinajstić information content (AvgIpc) is 2.72. The van der Waals surface area contributed by atoms with Crippen LogP contribution in [0, 0.1) is 5.92 Å². The number of nitrogens with one attached hydrogen (secondary N) is 1. The number of hydrogen-bond donors (Lipinski definition) is 2. The number of primary amides is 1. The van der Waals surface area contributed by atoms with Gasteiger partial charge in [-0.3, -0.25) is 14.5 Å². The molecule has 1 aliphatic rings. The second-order valence-electron chi connectivity index (χ2n) is 7.78. The molecule has 6 nitrogen and oxygen atoms in total. The van der Waals surface area contributed by atoms with E-state index in [1.807, 2.05) is 0 Å². The number of ether oxygens (including phenoxy) is 1. The Hall–Kier alpha value is -2.86. The van der Waals surface area contributed by atoms with Gasteiger partial charge in [0, 0.05) is 31.2 Å². The van der Waals surface area contributed by atoms with Gasteiger partial charge >= 0.3 is 0 Å². The van der Waals surface area contributed by atoms with Crippen LogP contribution in [0.25, 0.3) is 0 Å². The van der Waals surface area contributed by atoms with Crippen molar-refractivity contribution in [2.75, 3.05) is 19.7 Å². The van der Waals surface area contributed by atoms with Crippen molar-refractivity contribution in [3.05, 3.63) is 65.2 Å². The standard InChI is InChI=1S/C23H29N3O3/c1-16(2)21(26-12-11-17-5-3-4-6-19(17)14-26)13-25-22(27)15-29-20-9-7-18(8-10-20)23(24)28/h3-10,16,21H,11-15H2,1-2H3,(H2,24,28)(H,25,27)/t21-/m0/s1. The number of nitrogens with two attached hydrogens (primary N) is 1. The van der Waals surface area contributed by atoms with Crippen LogP contribution in [0.3, 0.4) is 0 Å². The highest BCUT2D eigenvalue weighted by molar-refractivity contribution is 5.92. The second kappa shape index (κ2) is 9.56. The minimum absolute atomic E-state index is 0.0659. The minimum atomic E-state index is -0.491. The summed E-state index contributed by atoms with van der Waals surface area (Å²) in [6, 6.07) is 15.3. The number of carbonyl (C=O) groups excluding carboxylic acids is 2. The SMILES string of the molecule is CC(C)[C@H](CNC(=O)COc1ccc(C(N)=O)cc1)N1CCc2ccccc2C1. The molecule has 2 amide bonds. The maximum Gasteiger partial charge on any atom is 0.257 e. The molecule has 29 heavy (non-hydrogen) atoms. The third-order valence-corrected chi connectivity index (χ3v) is 5.42. The number of fused-ring (bicyclic) bond motifs is 1. The Kier molecular flexibility index (Phi) is 6.88. The molecule has 1 heterocycles. The molecule has 0 spiro atoms. The summed E-state index contributed by atoms with van der Waals surface area (Å²) in [4.78, 5) is 25.8. The molecule has 2 aromatic rings. The zero-order valence-electron chi connectivity index (χ0n) is 17.1. The van der Waals surface area contributed by atoms with Crippen molar-refractivity contribution in [3.8, 4) is 5.75 Å². The fourth-order valence-electron chi connectivity index (χ4n) is 3.72. The summed E-state index contributed by atoms with van der Waals surface area (Å²) in [6.07, 6.45) is 1.04. The van der Waals surface area contributed by atoms with Crippen LogP contribution in [-0.2, 0) is 17.8 Å². The molecule has 0 radical (unpaired) electrons. The lowest BCUT2D eigenvalue weighted by molar-refractivity contribution is -0.123. The van der Waals surface area contributed by atoms with Crippen LogP contribution in [0.1, 0.15) is 35.3 Å². The van der Waals surface area contributed by atoms with Crippen molar-refractivity contribution >= 4 is 11.8 Å². The van der Waals surface area contributed by atoms with Gasteiger partial charge in [-0.15, -0.1) is 0 Å². The number of hydrogen-bond acceptors (Lipinski definition) is 4. The largest absolute Gasteiger partial charge is 0.484 e. The molecule has 3 rings (SSSR count). The van der Waals surface area contributed by atoms with Crippen LogP contribution in [0.2, 0.25) is 0 Å². The predicted octanol–water partition coefficient (Wildman–Crippen LogP) is 2.36. The minimum Gasteiger partial charge on any atom is -0.484 e. The van der Waals surface area contributed by atoms with Gasteiger partial charge in [-0.25, -0.2) is 0 Å². The van der Waals surface area contributed by atoms with Crippen LogP contribution in [-0.4, -0.2) is 42.5 Å². The van der Waals surface area contributed by atoms with Crippen molar-refractivity contribution in [1.29, 1.82) is 0 Å². The summed E-state index contributed by atoms with van der Waals surface area (Å²) in [7, 11) is 0. The van der Waals surface area contributed by atoms with Crippen molar-refractivity contribution in [3.63, 3.8) is 0 Å². The van der Waals surface area contributed by atoms with E-state index in [-0.39, 0.29) is 18.6 Å². The highest BCUT2D eigenvalue weighted by Crippen LogP contribution is 2.22. The van der Waals surface area contributed by atoms with Gasteiger partial charge in [0.2, 0.25) is 5.91 Å². The lowest BCUT2D eigenvalue weighted by atomic mass is 9.95. The molecule has 0 saturated heterocycles. The first-order valence-corrected chi connectivity index (χ1v) is 10.0. The lowest BCUT2D eigenvalue weighted by Crippen LogP contribution is -2.49. The van der Waals surface area contributed by atoms with Gasteiger partial charge in [-0.05, 0) is 47.7 Å². The summed E-state index contributed by atoms with van der Waals surface area (Å²) in [5.74, 6) is 0.294. The molecule has 1 atom stereocenters. The van der Waals surface area contributed by atoms with E-state index in [1.54, 1.807) is 24.3 Å². The Morgan fingerprint density at radius 1 is 1.10 bits per heavy atom. The van der Waals surface area contributed by atoms with E-state index >= 15 is 0 Å². The first-order valence-electron chi connectivity index (χ1n) is 10.0. The molecule has 2 aromatic carbocycles. The van der Waals surface area contributed by atoms with Crippen molar-refractivity contribution in [2.45, 2.75) is 32.9 Å². The first kappa shape index (κ1) is 20.9. The van der Waals surface area contributed by atoms with E-state index in [4.69, 9.17) is 10.5 Å². The first-order chi connectivity index (χ1) is 13.9. The Balaban J connectivity index is 1.50. The van der Waals surface area contributed by atoms with Gasteiger partial charge in [0.15, 0.2) is 6.61 Å². The lowest BCUT2D eigenvalue weighted by Gasteiger charge is -2.38. The molecule has 0 saturated carbocycles. The van der Waals surface area contributed by atoms with Gasteiger partial charge in [0.25, 0.3) is 5.91 Å². The summed E-state index contributed by atoms with van der Waals surface area (Å²) < 4.78 is 5.51.